The summed E-state index contributed by atoms with van der Waals surface area (Å²) in [5.74, 6) is 0. The Kier molecular flexibility index (Phi) is 1.74. The van der Waals surface area contributed by atoms with Crippen LogP contribution in [-0.4, -0.2) is 14.9 Å². The van der Waals surface area contributed by atoms with Crippen molar-refractivity contribution >= 4 is 0 Å². The Bertz CT molecular complexity index is 328. The first kappa shape index (κ1) is 8.75. The van der Waals surface area contributed by atoms with Crippen molar-refractivity contribution in [2.24, 2.45) is 12.5 Å². The Morgan fingerprint density at radius 1 is 1.62 bits per heavy atom. The lowest BCUT2D eigenvalue weighted by atomic mass is 9.75. The monoisotopic (exact) mass is 180 g/mol. The molecule has 3 nitrogen and oxygen atoms in total. The van der Waals surface area contributed by atoms with E-state index in [0.717, 1.165) is 18.4 Å². The molecule has 3 heteroatoms. The van der Waals surface area contributed by atoms with Crippen LogP contribution >= 0.6 is 0 Å². The second-order valence-electron chi connectivity index (χ2n) is 4.73. The van der Waals surface area contributed by atoms with Gasteiger partial charge in [0, 0.05) is 18.3 Å². The van der Waals surface area contributed by atoms with Crippen LogP contribution in [0.25, 0.3) is 0 Å². The maximum absolute atomic E-state index is 9.86. The number of rotatable bonds is 0. The van der Waals surface area contributed by atoms with Crippen LogP contribution in [0.4, 0.5) is 0 Å². The molecule has 0 bridgehead atoms. The van der Waals surface area contributed by atoms with Gasteiger partial charge in [-0.15, -0.1) is 0 Å². The van der Waals surface area contributed by atoms with Crippen LogP contribution in [0.2, 0.25) is 0 Å². The molecule has 0 aliphatic heterocycles. The molecule has 1 aliphatic rings. The van der Waals surface area contributed by atoms with Crippen molar-refractivity contribution < 1.29 is 5.11 Å². The molecule has 0 spiro atoms. The molecule has 1 aliphatic carbocycles. The standard InChI is InChI=1S/C10H16N2O/c1-10(2)4-8-7(9(13)5-10)6-11-12(8)3/h6,9,13H,4-5H2,1-3H3. The van der Waals surface area contributed by atoms with E-state index >= 15 is 0 Å². The second kappa shape index (κ2) is 2.58. The Morgan fingerprint density at radius 3 is 3.00 bits per heavy atom. The minimum atomic E-state index is -0.326. The Morgan fingerprint density at radius 2 is 2.31 bits per heavy atom. The van der Waals surface area contributed by atoms with Crippen LogP contribution in [-0.2, 0) is 13.5 Å². The summed E-state index contributed by atoms with van der Waals surface area (Å²) in [5, 5.41) is 14.0. The van der Waals surface area contributed by atoms with Gasteiger partial charge in [-0.3, -0.25) is 4.68 Å². The van der Waals surface area contributed by atoms with Gasteiger partial charge in [-0.1, -0.05) is 13.8 Å². The molecule has 2 rings (SSSR count). The summed E-state index contributed by atoms with van der Waals surface area (Å²) >= 11 is 0. The molecule has 1 aromatic rings. The summed E-state index contributed by atoms with van der Waals surface area (Å²) in [5.41, 5.74) is 2.39. The zero-order valence-electron chi connectivity index (χ0n) is 8.41. The van der Waals surface area contributed by atoms with E-state index < -0.39 is 0 Å². The smallest absolute Gasteiger partial charge is 0.0828 e. The summed E-state index contributed by atoms with van der Waals surface area (Å²) in [6.45, 7) is 4.37. The minimum Gasteiger partial charge on any atom is -0.388 e. The number of nitrogens with zero attached hydrogens (tertiary/aromatic N) is 2. The van der Waals surface area contributed by atoms with Gasteiger partial charge >= 0.3 is 0 Å². The number of aryl methyl sites for hydroxylation is 1. The summed E-state index contributed by atoms with van der Waals surface area (Å²) in [6.07, 6.45) is 3.31. The second-order valence-corrected chi connectivity index (χ2v) is 4.73. The van der Waals surface area contributed by atoms with Crippen molar-refractivity contribution in [3.05, 3.63) is 17.5 Å². The first-order chi connectivity index (χ1) is 5.99. The molecule has 1 unspecified atom stereocenters. The van der Waals surface area contributed by atoms with Crippen LogP contribution in [0.5, 0.6) is 0 Å². The first-order valence-corrected chi connectivity index (χ1v) is 4.68. The van der Waals surface area contributed by atoms with Gasteiger partial charge in [-0.2, -0.15) is 5.10 Å². The van der Waals surface area contributed by atoms with E-state index in [1.807, 2.05) is 11.7 Å². The number of aromatic nitrogens is 2. The molecule has 0 amide bonds. The van der Waals surface area contributed by atoms with Gasteiger partial charge in [0.1, 0.15) is 0 Å². The fourth-order valence-corrected chi connectivity index (χ4v) is 2.13. The number of hydrogen-bond acceptors (Lipinski definition) is 2. The number of fused-ring (bicyclic) bond motifs is 1. The van der Waals surface area contributed by atoms with E-state index in [1.165, 1.54) is 5.69 Å². The van der Waals surface area contributed by atoms with Crippen molar-refractivity contribution in [1.82, 2.24) is 9.78 Å². The summed E-state index contributed by atoms with van der Waals surface area (Å²) < 4.78 is 1.87. The highest BCUT2D eigenvalue weighted by atomic mass is 16.3. The van der Waals surface area contributed by atoms with Gasteiger partial charge in [0.2, 0.25) is 0 Å². The third-order valence-electron chi connectivity index (χ3n) is 2.84. The number of hydrogen-bond donors (Lipinski definition) is 1. The van der Waals surface area contributed by atoms with E-state index in [0.29, 0.717) is 0 Å². The number of aliphatic hydroxyl groups is 1. The van der Waals surface area contributed by atoms with Gasteiger partial charge < -0.3 is 5.11 Å². The molecule has 72 valence electrons. The molecular formula is C10H16N2O. The van der Waals surface area contributed by atoms with E-state index in [4.69, 9.17) is 0 Å². The highest BCUT2D eigenvalue weighted by Crippen LogP contribution is 2.40. The maximum Gasteiger partial charge on any atom is 0.0828 e. The van der Waals surface area contributed by atoms with Crippen molar-refractivity contribution in [2.75, 3.05) is 0 Å². The van der Waals surface area contributed by atoms with Crippen molar-refractivity contribution in [2.45, 2.75) is 32.8 Å². The zero-order chi connectivity index (χ0) is 9.64. The minimum absolute atomic E-state index is 0.195. The van der Waals surface area contributed by atoms with E-state index in [1.54, 1.807) is 6.20 Å². The molecule has 0 saturated carbocycles. The van der Waals surface area contributed by atoms with Gasteiger partial charge in [0.25, 0.3) is 0 Å². The summed E-state index contributed by atoms with van der Waals surface area (Å²) in [6, 6.07) is 0. The third-order valence-corrected chi connectivity index (χ3v) is 2.84. The highest BCUT2D eigenvalue weighted by molar-refractivity contribution is 5.25. The van der Waals surface area contributed by atoms with Crippen molar-refractivity contribution in [1.29, 1.82) is 0 Å². The van der Waals surface area contributed by atoms with Crippen molar-refractivity contribution in [3.63, 3.8) is 0 Å². The van der Waals surface area contributed by atoms with E-state index in [-0.39, 0.29) is 11.5 Å². The van der Waals surface area contributed by atoms with Gasteiger partial charge in [0.15, 0.2) is 0 Å². The molecule has 1 N–H and O–H groups in total. The Balaban J connectivity index is 2.45. The fraction of sp³-hybridized carbons (Fsp3) is 0.700. The third kappa shape index (κ3) is 1.37. The van der Waals surface area contributed by atoms with Crippen LogP contribution in [0.1, 0.15) is 37.6 Å². The maximum atomic E-state index is 9.86. The molecule has 13 heavy (non-hydrogen) atoms. The van der Waals surface area contributed by atoms with Crippen LogP contribution in [0, 0.1) is 5.41 Å². The molecule has 1 atom stereocenters. The molecule has 1 aromatic heterocycles. The van der Waals surface area contributed by atoms with Crippen LogP contribution in [0.15, 0.2) is 6.20 Å². The largest absolute Gasteiger partial charge is 0.388 e. The lowest BCUT2D eigenvalue weighted by molar-refractivity contribution is 0.0982. The quantitative estimate of drug-likeness (QED) is 0.655. The van der Waals surface area contributed by atoms with Gasteiger partial charge in [0.05, 0.1) is 12.3 Å². The topological polar surface area (TPSA) is 38.0 Å². The molecule has 0 radical (unpaired) electrons. The Hall–Kier alpha value is -0.830. The predicted molar refractivity (Wildman–Crippen MR) is 50.3 cm³/mol. The lowest BCUT2D eigenvalue weighted by Gasteiger charge is -2.32. The fourth-order valence-electron chi connectivity index (χ4n) is 2.13. The van der Waals surface area contributed by atoms with E-state index in [2.05, 4.69) is 18.9 Å². The normalized spacial score (nSPS) is 25.7. The Labute approximate surface area is 78.4 Å². The molecule has 0 aromatic carbocycles. The van der Waals surface area contributed by atoms with Gasteiger partial charge in [-0.05, 0) is 18.3 Å². The van der Waals surface area contributed by atoms with Crippen LogP contribution < -0.4 is 0 Å². The summed E-state index contributed by atoms with van der Waals surface area (Å²) in [4.78, 5) is 0. The van der Waals surface area contributed by atoms with Crippen LogP contribution in [0.3, 0.4) is 0 Å². The molecule has 0 fully saturated rings. The predicted octanol–water partition coefficient (Wildman–Crippen LogP) is 1.43. The molecule has 1 heterocycles. The summed E-state index contributed by atoms with van der Waals surface area (Å²) in [7, 11) is 1.94. The van der Waals surface area contributed by atoms with Gasteiger partial charge in [-0.25, -0.2) is 0 Å². The average Bonchev–Trinajstić information content (AvgIpc) is 2.30. The van der Waals surface area contributed by atoms with E-state index in [9.17, 15) is 5.11 Å². The zero-order valence-corrected chi connectivity index (χ0v) is 8.41. The number of aliphatic hydroxyl groups excluding tert-OH is 1. The first-order valence-electron chi connectivity index (χ1n) is 4.68. The SMILES string of the molecule is Cn1ncc2c1CC(C)(C)CC2O. The average molecular weight is 180 g/mol. The lowest BCUT2D eigenvalue weighted by Crippen LogP contribution is -2.26. The van der Waals surface area contributed by atoms with Crippen molar-refractivity contribution in [3.8, 4) is 0 Å². The highest BCUT2D eigenvalue weighted by Gasteiger charge is 2.33. The molecular weight excluding hydrogens is 164 g/mol. The molecule has 0 saturated heterocycles.